The van der Waals surface area contributed by atoms with Crippen LogP contribution in [-0.4, -0.2) is 34.4 Å². The van der Waals surface area contributed by atoms with Gasteiger partial charge in [-0.3, -0.25) is 4.72 Å². The highest BCUT2D eigenvalue weighted by Crippen LogP contribution is 2.22. The zero-order valence-electron chi connectivity index (χ0n) is 13.1. The Bertz CT molecular complexity index is 895. The minimum absolute atomic E-state index is 0.0129. The molecule has 0 aliphatic carbocycles. The van der Waals surface area contributed by atoms with Crippen LogP contribution in [0.1, 0.15) is 18.4 Å². The van der Waals surface area contributed by atoms with Gasteiger partial charge in [-0.25, -0.2) is 8.42 Å². The summed E-state index contributed by atoms with van der Waals surface area (Å²) in [6.07, 6.45) is 1.42. The van der Waals surface area contributed by atoms with Gasteiger partial charge in [-0.05, 0) is 34.0 Å². The molecule has 0 aliphatic rings. The Morgan fingerprint density at radius 2 is 1.79 bits per heavy atom. The van der Waals surface area contributed by atoms with Gasteiger partial charge in [0.25, 0.3) is 0 Å². The van der Waals surface area contributed by atoms with Crippen molar-refractivity contribution in [1.29, 1.82) is 0 Å². The van der Waals surface area contributed by atoms with Crippen molar-refractivity contribution in [3.63, 3.8) is 0 Å². The second-order valence-electron chi connectivity index (χ2n) is 5.47. The first kappa shape index (κ1) is 16.1. The molecule has 0 fully saturated rings. The molecule has 0 bridgehead atoms. The van der Waals surface area contributed by atoms with Gasteiger partial charge >= 0.3 is 0 Å². The second kappa shape index (κ2) is 6.79. The highest BCUT2D eigenvalue weighted by atomic mass is 32.2. The molecule has 0 aliphatic heterocycles. The molecule has 1 heterocycles. The molecule has 8 heteroatoms. The van der Waals surface area contributed by atoms with Gasteiger partial charge in [-0.1, -0.05) is 49.4 Å². The molecular formula is C16H17N5O2S. The molecule has 0 amide bonds. The van der Waals surface area contributed by atoms with Gasteiger partial charge in [-0.2, -0.15) is 4.68 Å². The van der Waals surface area contributed by atoms with Gasteiger partial charge < -0.3 is 0 Å². The van der Waals surface area contributed by atoms with Crippen LogP contribution < -0.4 is 4.72 Å². The molecule has 3 rings (SSSR count). The monoisotopic (exact) mass is 343 g/mol. The lowest BCUT2D eigenvalue weighted by atomic mass is 10.0. The maximum Gasteiger partial charge on any atom is 0.233 e. The van der Waals surface area contributed by atoms with Crippen LogP contribution in [-0.2, 0) is 10.0 Å². The third-order valence-electron chi connectivity index (χ3n) is 3.60. The zero-order valence-corrected chi connectivity index (χ0v) is 13.9. The van der Waals surface area contributed by atoms with Gasteiger partial charge in [0, 0.05) is 0 Å². The number of sulfonamides is 1. The molecule has 7 nitrogen and oxygen atoms in total. The summed E-state index contributed by atoms with van der Waals surface area (Å²) in [7, 11) is -3.53. The van der Waals surface area contributed by atoms with Crippen molar-refractivity contribution < 1.29 is 8.42 Å². The van der Waals surface area contributed by atoms with Crippen molar-refractivity contribution >= 4 is 15.7 Å². The molecule has 1 aromatic heterocycles. The molecular weight excluding hydrogens is 326 g/mol. The van der Waals surface area contributed by atoms with Crippen molar-refractivity contribution in [3.05, 3.63) is 66.5 Å². The van der Waals surface area contributed by atoms with E-state index in [0.29, 0.717) is 11.4 Å². The van der Waals surface area contributed by atoms with Crippen LogP contribution in [0.3, 0.4) is 0 Å². The topological polar surface area (TPSA) is 89.8 Å². The summed E-state index contributed by atoms with van der Waals surface area (Å²) < 4.78 is 29.1. The average Bonchev–Trinajstić information content (AvgIpc) is 3.09. The molecule has 0 saturated heterocycles. The fourth-order valence-electron chi connectivity index (χ4n) is 2.45. The quantitative estimate of drug-likeness (QED) is 0.741. The van der Waals surface area contributed by atoms with Crippen LogP contribution in [0.5, 0.6) is 0 Å². The Morgan fingerprint density at radius 1 is 1.08 bits per heavy atom. The van der Waals surface area contributed by atoms with Gasteiger partial charge in [-0.15, -0.1) is 5.10 Å². The largest absolute Gasteiger partial charge is 0.281 e. The summed E-state index contributed by atoms with van der Waals surface area (Å²) in [5.74, 6) is -0.134. The lowest BCUT2D eigenvalue weighted by Gasteiger charge is -2.15. The number of anilines is 1. The molecule has 124 valence electrons. The number of hydrogen-bond acceptors (Lipinski definition) is 5. The number of rotatable bonds is 6. The van der Waals surface area contributed by atoms with E-state index in [9.17, 15) is 8.42 Å². The number of tetrazole rings is 1. The summed E-state index contributed by atoms with van der Waals surface area (Å²) in [5, 5.41) is 11.0. The van der Waals surface area contributed by atoms with Gasteiger partial charge in [0.15, 0.2) is 0 Å². The Kier molecular flexibility index (Phi) is 4.57. The first-order chi connectivity index (χ1) is 11.6. The van der Waals surface area contributed by atoms with E-state index in [2.05, 4.69) is 20.2 Å². The number of benzene rings is 2. The number of nitrogens with zero attached hydrogens (tertiary/aromatic N) is 4. The fraction of sp³-hybridized carbons (Fsp3) is 0.188. The predicted octanol–water partition coefficient (Wildman–Crippen LogP) is 2.21. The van der Waals surface area contributed by atoms with E-state index in [4.69, 9.17) is 0 Å². The van der Waals surface area contributed by atoms with Crippen molar-refractivity contribution in [2.45, 2.75) is 12.8 Å². The minimum atomic E-state index is -3.53. The lowest BCUT2D eigenvalue weighted by Crippen LogP contribution is -2.21. The molecule has 0 saturated carbocycles. The van der Waals surface area contributed by atoms with Crippen LogP contribution >= 0.6 is 0 Å². The first-order valence-electron chi connectivity index (χ1n) is 7.43. The van der Waals surface area contributed by atoms with Crippen LogP contribution in [0.25, 0.3) is 5.69 Å². The molecule has 1 atom stereocenters. The van der Waals surface area contributed by atoms with Crippen molar-refractivity contribution in [2.24, 2.45) is 0 Å². The molecule has 0 spiro atoms. The summed E-state index contributed by atoms with van der Waals surface area (Å²) >= 11 is 0. The lowest BCUT2D eigenvalue weighted by molar-refractivity contribution is 0.595. The molecule has 1 N–H and O–H groups in total. The highest BCUT2D eigenvalue weighted by molar-refractivity contribution is 7.92. The number of nitrogens with one attached hydrogen (secondary N) is 1. The van der Waals surface area contributed by atoms with E-state index in [1.54, 1.807) is 24.3 Å². The SMILES string of the molecule is C[C@@H](CS(=O)(=O)Nc1ccccc1-n1cnnn1)c1ccccc1. The van der Waals surface area contributed by atoms with Crippen molar-refractivity contribution in [1.82, 2.24) is 20.2 Å². The maximum absolute atomic E-state index is 12.5. The van der Waals surface area contributed by atoms with Crippen LogP contribution in [0.4, 0.5) is 5.69 Å². The van der Waals surface area contributed by atoms with E-state index in [1.165, 1.54) is 11.0 Å². The Balaban J connectivity index is 1.81. The number of para-hydroxylation sites is 2. The Hall–Kier alpha value is -2.74. The Morgan fingerprint density at radius 3 is 2.50 bits per heavy atom. The first-order valence-corrected chi connectivity index (χ1v) is 9.08. The number of aromatic nitrogens is 4. The molecule has 0 radical (unpaired) electrons. The summed E-state index contributed by atoms with van der Waals surface area (Å²) in [6.45, 7) is 1.89. The van der Waals surface area contributed by atoms with Crippen LogP contribution in [0, 0.1) is 0 Å². The molecule has 2 aromatic carbocycles. The van der Waals surface area contributed by atoms with E-state index in [-0.39, 0.29) is 11.7 Å². The smallest absolute Gasteiger partial charge is 0.233 e. The van der Waals surface area contributed by atoms with Crippen molar-refractivity contribution in [3.8, 4) is 5.69 Å². The number of hydrogen-bond donors (Lipinski definition) is 1. The van der Waals surface area contributed by atoms with Gasteiger partial charge in [0.2, 0.25) is 10.0 Å². The molecule has 3 aromatic rings. The van der Waals surface area contributed by atoms with Crippen molar-refractivity contribution in [2.75, 3.05) is 10.5 Å². The standard InChI is InChI=1S/C16H17N5O2S/c1-13(14-7-3-2-4-8-14)11-24(22,23)18-15-9-5-6-10-16(15)21-12-17-19-20-21/h2-10,12-13,18H,11H2,1H3/t13-/m0/s1. The summed E-state index contributed by atoms with van der Waals surface area (Å²) in [4.78, 5) is 0. The zero-order chi connectivity index (χ0) is 17.0. The second-order valence-corrected chi connectivity index (χ2v) is 7.23. The minimum Gasteiger partial charge on any atom is -0.281 e. The van der Waals surface area contributed by atoms with E-state index >= 15 is 0 Å². The van der Waals surface area contributed by atoms with Crippen LogP contribution in [0.2, 0.25) is 0 Å². The summed E-state index contributed by atoms with van der Waals surface area (Å²) in [5.41, 5.74) is 1.99. The fourth-order valence-corrected chi connectivity index (χ4v) is 3.89. The molecule has 24 heavy (non-hydrogen) atoms. The molecule has 0 unspecified atom stereocenters. The van der Waals surface area contributed by atoms with E-state index < -0.39 is 10.0 Å². The average molecular weight is 343 g/mol. The van der Waals surface area contributed by atoms with Crippen LogP contribution in [0.15, 0.2) is 60.9 Å². The predicted molar refractivity (Wildman–Crippen MR) is 91.4 cm³/mol. The Labute approximate surface area is 140 Å². The summed E-state index contributed by atoms with van der Waals surface area (Å²) in [6, 6.07) is 16.5. The van der Waals surface area contributed by atoms with Gasteiger partial charge in [0.05, 0.1) is 17.1 Å². The van der Waals surface area contributed by atoms with E-state index in [1.807, 2.05) is 37.3 Å². The third-order valence-corrected chi connectivity index (χ3v) is 5.07. The maximum atomic E-state index is 12.5. The van der Waals surface area contributed by atoms with Gasteiger partial charge in [0.1, 0.15) is 6.33 Å². The normalized spacial score (nSPS) is 12.7. The highest BCUT2D eigenvalue weighted by Gasteiger charge is 2.19. The van der Waals surface area contributed by atoms with E-state index in [0.717, 1.165) is 5.56 Å². The third kappa shape index (κ3) is 3.77.